The Morgan fingerprint density at radius 2 is 1.79 bits per heavy atom. The van der Waals surface area contributed by atoms with Crippen LogP contribution in [0, 0.1) is 0 Å². The van der Waals surface area contributed by atoms with E-state index in [1.807, 2.05) is 12.1 Å². The minimum Gasteiger partial charge on any atom is -0.475 e. The average molecular weight is 404 g/mol. The van der Waals surface area contributed by atoms with E-state index < -0.39 is 17.7 Å². The first kappa shape index (κ1) is 19.3. The zero-order chi connectivity index (χ0) is 20.6. The van der Waals surface area contributed by atoms with Crippen molar-refractivity contribution in [3.8, 4) is 0 Å². The highest BCUT2D eigenvalue weighted by Gasteiger charge is 2.30. The monoisotopic (exact) mass is 404 g/mol. The Hall–Kier alpha value is -3.00. The van der Waals surface area contributed by atoms with Gasteiger partial charge in [-0.15, -0.1) is 0 Å². The van der Waals surface area contributed by atoms with Crippen LogP contribution < -0.4 is 4.90 Å². The van der Waals surface area contributed by atoms with Crippen molar-refractivity contribution in [2.75, 3.05) is 31.1 Å². The zero-order valence-electron chi connectivity index (χ0n) is 15.4. The summed E-state index contributed by atoms with van der Waals surface area (Å²) in [7, 11) is 0. The molecule has 29 heavy (non-hydrogen) atoms. The van der Waals surface area contributed by atoms with Gasteiger partial charge in [-0.2, -0.15) is 13.2 Å². The van der Waals surface area contributed by atoms with Crippen LogP contribution in [0.25, 0.3) is 11.0 Å². The summed E-state index contributed by atoms with van der Waals surface area (Å²) in [5.74, 6) is -1.20. The molecule has 3 aromatic rings. The Bertz CT molecular complexity index is 1040. The molecule has 1 aliphatic rings. The van der Waals surface area contributed by atoms with Crippen LogP contribution in [-0.4, -0.2) is 42.2 Å². The van der Waals surface area contributed by atoms with Gasteiger partial charge in [-0.3, -0.25) is 4.90 Å². The van der Waals surface area contributed by atoms with E-state index in [0.29, 0.717) is 17.7 Å². The fourth-order valence-corrected chi connectivity index (χ4v) is 3.60. The summed E-state index contributed by atoms with van der Waals surface area (Å²) in [6.07, 6.45) is -4.33. The van der Waals surface area contributed by atoms with Crippen LogP contribution in [0.2, 0.25) is 0 Å². The third-order valence-electron chi connectivity index (χ3n) is 5.11. The molecule has 4 rings (SSSR count). The van der Waals surface area contributed by atoms with E-state index in [-0.39, 0.29) is 5.76 Å². The average Bonchev–Trinajstić information content (AvgIpc) is 3.12. The van der Waals surface area contributed by atoms with E-state index in [1.54, 1.807) is 12.1 Å². The number of rotatable bonds is 4. The molecule has 0 amide bonds. The van der Waals surface area contributed by atoms with Gasteiger partial charge in [0.2, 0.25) is 5.76 Å². The lowest BCUT2D eigenvalue weighted by Gasteiger charge is -2.36. The van der Waals surface area contributed by atoms with Gasteiger partial charge in [0.05, 0.1) is 5.56 Å². The van der Waals surface area contributed by atoms with E-state index in [9.17, 15) is 18.0 Å². The SMILES string of the molecule is O=C(O)c1cc2cc(N3CCN(Cc4cccc(C(F)(F)F)c4)CC3)ccc2o1. The largest absolute Gasteiger partial charge is 0.475 e. The molecule has 0 bridgehead atoms. The number of anilines is 1. The van der Waals surface area contributed by atoms with Crippen LogP contribution in [0.4, 0.5) is 18.9 Å². The van der Waals surface area contributed by atoms with Gasteiger partial charge in [0, 0.05) is 43.8 Å². The third kappa shape index (κ3) is 4.22. The quantitative estimate of drug-likeness (QED) is 0.695. The topological polar surface area (TPSA) is 56.9 Å². The molecule has 1 saturated heterocycles. The highest BCUT2D eigenvalue weighted by Crippen LogP contribution is 2.30. The minimum atomic E-state index is -4.33. The molecule has 1 fully saturated rings. The van der Waals surface area contributed by atoms with Gasteiger partial charge in [0.25, 0.3) is 0 Å². The first-order valence-electron chi connectivity index (χ1n) is 9.20. The lowest BCUT2D eigenvalue weighted by atomic mass is 10.1. The number of alkyl halides is 3. The first-order valence-corrected chi connectivity index (χ1v) is 9.20. The van der Waals surface area contributed by atoms with Gasteiger partial charge < -0.3 is 14.4 Å². The summed E-state index contributed by atoms with van der Waals surface area (Å²) < 4.78 is 43.9. The Kier molecular flexibility index (Phi) is 4.96. The molecule has 0 spiro atoms. The summed E-state index contributed by atoms with van der Waals surface area (Å²) in [6, 6.07) is 12.5. The van der Waals surface area contributed by atoms with Gasteiger partial charge in [-0.25, -0.2) is 4.79 Å². The van der Waals surface area contributed by atoms with Crippen molar-refractivity contribution in [2.45, 2.75) is 12.7 Å². The molecule has 8 heteroatoms. The molecular formula is C21H19F3N2O3. The molecule has 1 aromatic heterocycles. The summed E-state index contributed by atoms with van der Waals surface area (Å²) in [4.78, 5) is 15.4. The highest BCUT2D eigenvalue weighted by molar-refractivity contribution is 5.92. The van der Waals surface area contributed by atoms with Gasteiger partial charge in [-0.1, -0.05) is 18.2 Å². The fourth-order valence-electron chi connectivity index (χ4n) is 3.60. The minimum absolute atomic E-state index is 0.0944. The number of hydrogen-bond donors (Lipinski definition) is 1. The lowest BCUT2D eigenvalue weighted by molar-refractivity contribution is -0.137. The molecule has 2 heterocycles. The summed E-state index contributed by atoms with van der Waals surface area (Å²) >= 11 is 0. The maximum atomic E-state index is 12.9. The predicted octanol–water partition coefficient (Wildman–Crippen LogP) is 4.47. The Labute approximate surface area is 164 Å². The predicted molar refractivity (Wildman–Crippen MR) is 102 cm³/mol. The number of furan rings is 1. The number of carbonyl (C=O) groups is 1. The molecule has 5 nitrogen and oxygen atoms in total. The van der Waals surface area contributed by atoms with Crippen LogP contribution in [0.5, 0.6) is 0 Å². The second-order valence-corrected chi connectivity index (χ2v) is 7.10. The number of halogens is 3. The van der Waals surface area contributed by atoms with E-state index >= 15 is 0 Å². The molecule has 0 atom stereocenters. The van der Waals surface area contributed by atoms with Crippen LogP contribution in [0.3, 0.4) is 0 Å². The number of benzene rings is 2. The molecule has 0 unspecified atom stereocenters. The zero-order valence-corrected chi connectivity index (χ0v) is 15.4. The smallest absolute Gasteiger partial charge is 0.416 e. The van der Waals surface area contributed by atoms with E-state index in [2.05, 4.69) is 9.80 Å². The van der Waals surface area contributed by atoms with Crippen LogP contribution in [0.1, 0.15) is 21.7 Å². The molecule has 0 aliphatic carbocycles. The Morgan fingerprint density at radius 3 is 2.48 bits per heavy atom. The number of carboxylic acid groups (broad SMARTS) is 1. The van der Waals surface area contributed by atoms with Crippen molar-refractivity contribution in [3.63, 3.8) is 0 Å². The van der Waals surface area contributed by atoms with Crippen molar-refractivity contribution in [1.29, 1.82) is 0 Å². The first-order chi connectivity index (χ1) is 13.8. The van der Waals surface area contributed by atoms with Crippen molar-refractivity contribution < 1.29 is 27.5 Å². The number of fused-ring (bicyclic) bond motifs is 1. The summed E-state index contributed by atoms with van der Waals surface area (Å²) in [5, 5.41) is 9.77. The summed E-state index contributed by atoms with van der Waals surface area (Å²) in [5.41, 5.74) is 1.51. The second kappa shape index (κ2) is 7.44. The van der Waals surface area contributed by atoms with Crippen LogP contribution in [0.15, 0.2) is 52.9 Å². The van der Waals surface area contributed by atoms with Gasteiger partial charge in [-0.05, 0) is 35.9 Å². The third-order valence-corrected chi connectivity index (χ3v) is 5.11. The maximum absolute atomic E-state index is 12.9. The van der Waals surface area contributed by atoms with Crippen molar-refractivity contribution >= 4 is 22.6 Å². The van der Waals surface area contributed by atoms with Gasteiger partial charge >= 0.3 is 12.1 Å². The van der Waals surface area contributed by atoms with E-state index in [0.717, 1.165) is 43.3 Å². The van der Waals surface area contributed by atoms with Gasteiger partial charge in [0.15, 0.2) is 0 Å². The fraction of sp³-hybridized carbons (Fsp3) is 0.286. The van der Waals surface area contributed by atoms with Crippen molar-refractivity contribution in [2.24, 2.45) is 0 Å². The Morgan fingerprint density at radius 1 is 1.03 bits per heavy atom. The molecular weight excluding hydrogens is 385 g/mol. The van der Waals surface area contributed by atoms with Gasteiger partial charge in [0.1, 0.15) is 5.58 Å². The van der Waals surface area contributed by atoms with Crippen molar-refractivity contribution in [1.82, 2.24) is 4.90 Å². The molecule has 0 radical (unpaired) electrons. The number of aromatic carboxylic acids is 1. The maximum Gasteiger partial charge on any atom is 0.416 e. The summed E-state index contributed by atoms with van der Waals surface area (Å²) in [6.45, 7) is 3.38. The number of nitrogens with zero attached hydrogens (tertiary/aromatic N) is 2. The number of carboxylic acids is 1. The Balaban J connectivity index is 1.40. The molecule has 0 saturated carbocycles. The molecule has 1 aliphatic heterocycles. The number of piperazine rings is 1. The van der Waals surface area contributed by atoms with Crippen LogP contribution >= 0.6 is 0 Å². The lowest BCUT2D eigenvalue weighted by Crippen LogP contribution is -2.45. The van der Waals surface area contributed by atoms with Crippen molar-refractivity contribution in [3.05, 3.63) is 65.4 Å². The van der Waals surface area contributed by atoms with E-state index in [1.165, 1.54) is 18.2 Å². The normalized spacial score (nSPS) is 15.8. The van der Waals surface area contributed by atoms with E-state index in [4.69, 9.17) is 9.52 Å². The van der Waals surface area contributed by atoms with Crippen LogP contribution in [-0.2, 0) is 12.7 Å². The molecule has 1 N–H and O–H groups in total. The highest BCUT2D eigenvalue weighted by atomic mass is 19.4. The second-order valence-electron chi connectivity index (χ2n) is 7.10. The molecule has 2 aromatic carbocycles. The molecule has 152 valence electrons. The standard InChI is InChI=1S/C21H19F3N2O3/c22-21(23,24)16-3-1-2-14(10-16)13-25-6-8-26(9-7-25)17-4-5-18-15(11-17)12-19(29-18)20(27)28/h1-5,10-12H,6-9,13H2,(H,27,28). The number of hydrogen-bond acceptors (Lipinski definition) is 4.